The summed E-state index contributed by atoms with van der Waals surface area (Å²) in [7, 11) is 3.60. The Labute approximate surface area is 211 Å². The number of likely N-dealkylation sites (tertiary alicyclic amines) is 1. The fraction of sp³-hybridized carbons (Fsp3) is 0.750. The monoisotopic (exact) mass is 489 g/mol. The summed E-state index contributed by atoms with van der Waals surface area (Å²) in [5.74, 6) is 1.34. The number of methoxy groups -OCH3 is 1. The van der Waals surface area contributed by atoms with Crippen molar-refractivity contribution in [3.8, 4) is 5.75 Å². The van der Waals surface area contributed by atoms with Gasteiger partial charge in [-0.25, -0.2) is 4.79 Å². The summed E-state index contributed by atoms with van der Waals surface area (Å²) in [6.07, 6.45) is 9.14. The molecule has 1 saturated heterocycles. The molecule has 35 heavy (non-hydrogen) atoms. The number of urea groups is 1. The Morgan fingerprint density at radius 1 is 1.20 bits per heavy atom. The Hall–Kier alpha value is -1.83. The minimum absolute atomic E-state index is 0.0468. The Balaban J connectivity index is 1.79. The fourth-order valence-corrected chi connectivity index (χ4v) is 5.75. The van der Waals surface area contributed by atoms with Crippen LogP contribution < -0.4 is 15.4 Å². The topological polar surface area (TPSA) is 83.1 Å². The second-order valence-electron chi connectivity index (χ2n) is 10.5. The van der Waals surface area contributed by atoms with Crippen LogP contribution in [0.15, 0.2) is 24.3 Å². The van der Waals surface area contributed by atoms with Crippen molar-refractivity contribution in [2.45, 2.75) is 76.4 Å². The SMILES string of the molecule is CNC[C@H](C)NC(=O)N1CCC[C@@H](C(O)(CCCCOC)c2ccccc2OCC2CCCC2)C1. The van der Waals surface area contributed by atoms with Gasteiger partial charge < -0.3 is 30.1 Å². The van der Waals surface area contributed by atoms with Crippen LogP contribution in [-0.2, 0) is 10.3 Å². The van der Waals surface area contributed by atoms with Gasteiger partial charge in [0.1, 0.15) is 5.75 Å². The number of benzene rings is 1. The van der Waals surface area contributed by atoms with E-state index >= 15 is 0 Å². The molecule has 0 radical (unpaired) electrons. The summed E-state index contributed by atoms with van der Waals surface area (Å²) in [5.41, 5.74) is -0.193. The van der Waals surface area contributed by atoms with Crippen molar-refractivity contribution >= 4 is 6.03 Å². The average molecular weight is 490 g/mol. The van der Waals surface area contributed by atoms with Gasteiger partial charge in [-0.2, -0.15) is 0 Å². The minimum atomic E-state index is -1.06. The largest absolute Gasteiger partial charge is 0.493 e. The molecule has 1 heterocycles. The number of aliphatic hydroxyl groups is 1. The third-order valence-corrected chi connectivity index (χ3v) is 7.72. The molecule has 7 heteroatoms. The Bertz CT molecular complexity index is 770. The van der Waals surface area contributed by atoms with Crippen molar-refractivity contribution in [2.24, 2.45) is 11.8 Å². The van der Waals surface area contributed by atoms with Crippen molar-refractivity contribution in [3.63, 3.8) is 0 Å². The first-order valence-electron chi connectivity index (χ1n) is 13.6. The lowest BCUT2D eigenvalue weighted by Gasteiger charge is -2.43. The smallest absolute Gasteiger partial charge is 0.317 e. The molecule has 1 aliphatic heterocycles. The third kappa shape index (κ3) is 7.83. The number of ether oxygens (including phenoxy) is 2. The Kier molecular flexibility index (Phi) is 11.1. The second kappa shape index (κ2) is 14.0. The highest BCUT2D eigenvalue weighted by atomic mass is 16.5. The van der Waals surface area contributed by atoms with Crippen molar-refractivity contribution in [1.29, 1.82) is 0 Å². The molecule has 1 aromatic rings. The van der Waals surface area contributed by atoms with E-state index in [9.17, 15) is 9.90 Å². The molecule has 1 aromatic carbocycles. The fourth-order valence-electron chi connectivity index (χ4n) is 5.75. The number of carbonyl (C=O) groups excluding carboxylic acids is 1. The molecule has 0 bridgehead atoms. The first-order chi connectivity index (χ1) is 17.0. The third-order valence-electron chi connectivity index (χ3n) is 7.72. The molecule has 3 N–H and O–H groups in total. The highest BCUT2D eigenvalue weighted by molar-refractivity contribution is 5.74. The summed E-state index contributed by atoms with van der Waals surface area (Å²) in [6, 6.07) is 7.99. The van der Waals surface area contributed by atoms with E-state index in [1.54, 1.807) is 7.11 Å². The van der Waals surface area contributed by atoms with Gasteiger partial charge in [-0.05, 0) is 70.9 Å². The first-order valence-corrected chi connectivity index (χ1v) is 13.6. The normalized spacial score (nSPS) is 21.5. The molecule has 198 valence electrons. The summed E-state index contributed by atoms with van der Waals surface area (Å²) < 4.78 is 11.6. The van der Waals surface area contributed by atoms with Crippen LogP contribution in [0.2, 0.25) is 0 Å². The highest BCUT2D eigenvalue weighted by Gasteiger charge is 2.43. The number of nitrogens with zero attached hydrogens (tertiary/aromatic N) is 1. The number of likely N-dealkylation sites (N-methyl/N-ethyl adjacent to an activating group) is 1. The van der Waals surface area contributed by atoms with Gasteiger partial charge in [-0.1, -0.05) is 31.0 Å². The number of unbranched alkanes of at least 4 members (excludes halogenated alkanes) is 1. The lowest BCUT2D eigenvalue weighted by atomic mass is 9.73. The molecule has 2 amide bonds. The van der Waals surface area contributed by atoms with Gasteiger partial charge >= 0.3 is 6.03 Å². The first kappa shape index (κ1) is 27.8. The molecule has 1 saturated carbocycles. The summed E-state index contributed by atoms with van der Waals surface area (Å²) in [5, 5.41) is 18.5. The lowest BCUT2D eigenvalue weighted by Crippen LogP contribution is -2.53. The number of amides is 2. The summed E-state index contributed by atoms with van der Waals surface area (Å²) in [6.45, 7) is 5.36. The maximum atomic E-state index is 13.0. The van der Waals surface area contributed by atoms with Crippen molar-refractivity contribution in [1.82, 2.24) is 15.5 Å². The van der Waals surface area contributed by atoms with E-state index in [1.807, 2.05) is 43.1 Å². The predicted octanol–water partition coefficient (Wildman–Crippen LogP) is 4.29. The second-order valence-corrected chi connectivity index (χ2v) is 10.5. The summed E-state index contributed by atoms with van der Waals surface area (Å²) >= 11 is 0. The maximum Gasteiger partial charge on any atom is 0.317 e. The van der Waals surface area contributed by atoms with E-state index < -0.39 is 5.60 Å². The van der Waals surface area contributed by atoms with E-state index in [0.717, 1.165) is 43.5 Å². The van der Waals surface area contributed by atoms with Gasteiger partial charge in [0.05, 0.1) is 12.2 Å². The highest BCUT2D eigenvalue weighted by Crippen LogP contribution is 2.43. The van der Waals surface area contributed by atoms with Crippen LogP contribution in [0.4, 0.5) is 4.79 Å². The number of hydrogen-bond donors (Lipinski definition) is 3. The number of rotatable bonds is 13. The molecule has 7 nitrogen and oxygen atoms in total. The van der Waals surface area contributed by atoms with Crippen LogP contribution in [-0.4, -0.2) is 69.1 Å². The predicted molar refractivity (Wildman–Crippen MR) is 140 cm³/mol. The Morgan fingerprint density at radius 2 is 1.97 bits per heavy atom. The lowest BCUT2D eigenvalue weighted by molar-refractivity contribution is -0.0581. The molecule has 1 aliphatic carbocycles. The van der Waals surface area contributed by atoms with Gasteiger partial charge in [-0.3, -0.25) is 0 Å². The van der Waals surface area contributed by atoms with E-state index in [2.05, 4.69) is 10.6 Å². The number of para-hydroxylation sites is 1. The molecule has 3 atom stereocenters. The zero-order chi connectivity index (χ0) is 25.1. The van der Waals surface area contributed by atoms with E-state index in [0.29, 0.717) is 38.6 Å². The van der Waals surface area contributed by atoms with Crippen LogP contribution in [0.1, 0.15) is 70.3 Å². The van der Waals surface area contributed by atoms with Crippen LogP contribution in [0.3, 0.4) is 0 Å². The van der Waals surface area contributed by atoms with Crippen molar-refractivity contribution in [2.75, 3.05) is 47.0 Å². The van der Waals surface area contributed by atoms with E-state index in [-0.39, 0.29) is 18.0 Å². The van der Waals surface area contributed by atoms with Crippen LogP contribution in [0, 0.1) is 11.8 Å². The number of carbonyl (C=O) groups is 1. The zero-order valence-corrected chi connectivity index (χ0v) is 22.1. The van der Waals surface area contributed by atoms with Gasteiger partial charge in [-0.15, -0.1) is 0 Å². The zero-order valence-electron chi connectivity index (χ0n) is 22.1. The van der Waals surface area contributed by atoms with Crippen LogP contribution in [0.5, 0.6) is 5.75 Å². The maximum absolute atomic E-state index is 13.0. The molecular formula is C28H47N3O4. The molecule has 3 rings (SSSR count). The van der Waals surface area contributed by atoms with Gasteiger partial charge in [0.15, 0.2) is 0 Å². The molecular weight excluding hydrogens is 442 g/mol. The molecule has 2 fully saturated rings. The van der Waals surface area contributed by atoms with Crippen LogP contribution in [0.25, 0.3) is 0 Å². The molecule has 2 aliphatic rings. The van der Waals surface area contributed by atoms with Crippen LogP contribution >= 0.6 is 0 Å². The average Bonchev–Trinajstić information content (AvgIpc) is 3.39. The van der Waals surface area contributed by atoms with Gasteiger partial charge in [0.25, 0.3) is 0 Å². The molecule has 1 unspecified atom stereocenters. The van der Waals surface area contributed by atoms with Crippen molar-refractivity contribution in [3.05, 3.63) is 29.8 Å². The number of hydrogen-bond acceptors (Lipinski definition) is 5. The molecule has 0 aromatic heterocycles. The number of piperidine rings is 1. The van der Waals surface area contributed by atoms with Crippen molar-refractivity contribution < 1.29 is 19.4 Å². The summed E-state index contributed by atoms with van der Waals surface area (Å²) in [4.78, 5) is 14.8. The van der Waals surface area contributed by atoms with E-state index in [4.69, 9.17) is 9.47 Å². The Morgan fingerprint density at radius 3 is 2.71 bits per heavy atom. The van der Waals surface area contributed by atoms with E-state index in [1.165, 1.54) is 25.7 Å². The quantitative estimate of drug-likeness (QED) is 0.360. The van der Waals surface area contributed by atoms with Gasteiger partial charge in [0.2, 0.25) is 0 Å². The van der Waals surface area contributed by atoms with Gasteiger partial charge in [0, 0.05) is 50.9 Å². The standard InChI is InChI=1S/C28H47N3O4/c1-22(19-29-2)30-27(32)31-17-10-13-24(20-31)28(33,16-8-9-18-34-3)25-14-6-7-15-26(25)35-21-23-11-4-5-12-23/h6-7,14-15,22-24,29,33H,4-5,8-13,16-21H2,1-3H3,(H,30,32)/t22-,24+,28?/m0/s1. The number of nitrogens with one attached hydrogen (secondary N) is 2. The minimum Gasteiger partial charge on any atom is -0.493 e. The molecule has 0 spiro atoms.